The van der Waals surface area contributed by atoms with E-state index in [4.69, 9.17) is 5.11 Å². The van der Waals surface area contributed by atoms with Crippen molar-refractivity contribution in [3.8, 4) is 0 Å². The number of fused-ring (bicyclic) bond motifs is 1. The average Bonchev–Trinajstić information content (AvgIpc) is 2.60. The number of aliphatic carboxylic acids is 1. The summed E-state index contributed by atoms with van der Waals surface area (Å²) in [6, 6.07) is -3.37. The normalized spacial score (nSPS) is 29.6. The third-order valence-electron chi connectivity index (χ3n) is 3.64. The minimum absolute atomic E-state index is 0.00775. The fourth-order valence-electron chi connectivity index (χ4n) is 2.85. The summed E-state index contributed by atoms with van der Waals surface area (Å²) >= 11 is 0. The van der Waals surface area contributed by atoms with Gasteiger partial charge in [0.1, 0.15) is 6.04 Å². The van der Waals surface area contributed by atoms with Gasteiger partial charge in [-0.05, 0) is 6.54 Å². The number of carboxylic acid groups (broad SMARTS) is 1. The van der Waals surface area contributed by atoms with Gasteiger partial charge in [-0.15, -0.1) is 0 Å². The van der Waals surface area contributed by atoms with Crippen LogP contribution in [0.25, 0.3) is 0 Å². The van der Waals surface area contributed by atoms with Crippen LogP contribution in [-0.4, -0.2) is 70.0 Å². The summed E-state index contributed by atoms with van der Waals surface area (Å²) in [4.78, 5) is 36.2. The first-order chi connectivity index (χ1) is 9.17. The maximum Gasteiger partial charge on any atom is 0.401 e. The maximum atomic E-state index is 12.4. The lowest BCUT2D eigenvalue weighted by atomic mass is 9.94. The molecule has 0 spiro atoms. The molecule has 0 saturated carbocycles. The second-order valence-electron chi connectivity index (χ2n) is 4.85. The fraction of sp³-hybridized carbons (Fsp3) is 0.727. The standard InChI is InChI=1S/C11H13F3N2O4/c1-2-15(4-11(12,13)14)7-5-3-6(17)8(10(19)20)16(5)9(7)18/h5,7-8H,2-4H2,1H3,(H,19,20). The molecule has 1 amide bonds. The van der Waals surface area contributed by atoms with Crippen molar-refractivity contribution in [2.75, 3.05) is 13.1 Å². The fourth-order valence-corrected chi connectivity index (χ4v) is 2.85. The Hall–Kier alpha value is -1.64. The number of nitrogens with zero attached hydrogens (tertiary/aromatic N) is 2. The smallest absolute Gasteiger partial charge is 0.401 e. The second kappa shape index (κ2) is 4.72. The first-order valence-corrected chi connectivity index (χ1v) is 6.06. The number of alkyl halides is 3. The van der Waals surface area contributed by atoms with Gasteiger partial charge in [-0.2, -0.15) is 13.2 Å². The third kappa shape index (κ3) is 2.26. The number of halogens is 3. The summed E-state index contributed by atoms with van der Waals surface area (Å²) < 4.78 is 37.3. The highest BCUT2D eigenvalue weighted by atomic mass is 19.4. The van der Waals surface area contributed by atoms with E-state index in [1.807, 2.05) is 0 Å². The number of likely N-dealkylation sites (N-methyl/N-ethyl adjacent to an activating group) is 1. The maximum absolute atomic E-state index is 12.4. The highest BCUT2D eigenvalue weighted by Gasteiger charge is 2.61. The van der Waals surface area contributed by atoms with E-state index in [2.05, 4.69) is 0 Å². The van der Waals surface area contributed by atoms with E-state index in [-0.39, 0.29) is 13.0 Å². The lowest BCUT2D eigenvalue weighted by Crippen LogP contribution is -2.71. The number of Topliss-reactive ketones (excluding diaryl/α,β-unsaturated/α-hetero) is 1. The highest BCUT2D eigenvalue weighted by Crippen LogP contribution is 2.37. The van der Waals surface area contributed by atoms with E-state index >= 15 is 0 Å². The molecule has 2 heterocycles. The summed E-state index contributed by atoms with van der Waals surface area (Å²) in [6.07, 6.45) is -4.66. The van der Waals surface area contributed by atoms with Crippen molar-refractivity contribution in [3.05, 3.63) is 0 Å². The number of ketones is 1. The number of carbonyl (C=O) groups excluding carboxylic acids is 2. The van der Waals surface area contributed by atoms with E-state index in [9.17, 15) is 27.6 Å². The Bertz CT molecular complexity index is 465. The summed E-state index contributed by atoms with van der Waals surface area (Å²) in [5, 5.41) is 8.88. The molecule has 0 aromatic rings. The summed E-state index contributed by atoms with van der Waals surface area (Å²) in [7, 11) is 0. The molecule has 3 unspecified atom stereocenters. The van der Waals surface area contributed by atoms with Crippen molar-refractivity contribution in [3.63, 3.8) is 0 Å². The first kappa shape index (κ1) is 14.8. The molecule has 0 radical (unpaired) electrons. The van der Waals surface area contributed by atoms with Crippen molar-refractivity contribution in [2.24, 2.45) is 0 Å². The molecule has 2 rings (SSSR count). The molecule has 0 bridgehead atoms. The number of amides is 1. The molecule has 2 aliphatic rings. The van der Waals surface area contributed by atoms with Crippen LogP contribution in [0.2, 0.25) is 0 Å². The van der Waals surface area contributed by atoms with Gasteiger partial charge >= 0.3 is 12.1 Å². The van der Waals surface area contributed by atoms with Crippen LogP contribution in [0.4, 0.5) is 13.2 Å². The molecule has 112 valence electrons. The molecular formula is C11H13F3N2O4. The molecule has 2 aliphatic heterocycles. The number of rotatable bonds is 4. The van der Waals surface area contributed by atoms with Gasteiger partial charge in [0.25, 0.3) is 0 Å². The molecular weight excluding hydrogens is 281 g/mol. The van der Waals surface area contributed by atoms with E-state index in [1.54, 1.807) is 0 Å². The van der Waals surface area contributed by atoms with Crippen LogP contribution in [0.15, 0.2) is 0 Å². The van der Waals surface area contributed by atoms with Crippen molar-refractivity contribution in [1.29, 1.82) is 0 Å². The summed E-state index contributed by atoms with van der Waals surface area (Å²) in [6.45, 7) is 0.218. The quantitative estimate of drug-likeness (QED) is 0.577. The van der Waals surface area contributed by atoms with Crippen molar-refractivity contribution >= 4 is 17.7 Å². The molecule has 9 heteroatoms. The largest absolute Gasteiger partial charge is 0.479 e. The van der Waals surface area contributed by atoms with Gasteiger partial charge in [0.2, 0.25) is 5.91 Å². The van der Waals surface area contributed by atoms with Crippen LogP contribution in [0.1, 0.15) is 13.3 Å². The molecule has 20 heavy (non-hydrogen) atoms. The van der Waals surface area contributed by atoms with Crippen LogP contribution < -0.4 is 0 Å². The van der Waals surface area contributed by atoms with E-state index < -0.39 is 48.5 Å². The van der Waals surface area contributed by atoms with Crippen molar-refractivity contribution < 1.29 is 32.7 Å². The summed E-state index contributed by atoms with van der Waals surface area (Å²) in [5.74, 6) is -2.80. The number of carboxylic acids is 1. The Labute approximate surface area is 112 Å². The zero-order valence-corrected chi connectivity index (χ0v) is 10.6. The molecule has 0 aliphatic carbocycles. The monoisotopic (exact) mass is 294 g/mol. The van der Waals surface area contributed by atoms with Gasteiger partial charge in [-0.25, -0.2) is 4.79 Å². The molecule has 6 nitrogen and oxygen atoms in total. The minimum Gasteiger partial charge on any atom is -0.479 e. The zero-order valence-electron chi connectivity index (χ0n) is 10.6. The van der Waals surface area contributed by atoms with Crippen LogP contribution in [0.3, 0.4) is 0 Å². The molecule has 1 N–H and O–H groups in total. The molecule has 3 atom stereocenters. The topological polar surface area (TPSA) is 77.9 Å². The van der Waals surface area contributed by atoms with Gasteiger partial charge in [0.05, 0.1) is 12.6 Å². The van der Waals surface area contributed by atoms with Crippen LogP contribution >= 0.6 is 0 Å². The average molecular weight is 294 g/mol. The van der Waals surface area contributed by atoms with Crippen molar-refractivity contribution in [1.82, 2.24) is 9.80 Å². The first-order valence-electron chi connectivity index (χ1n) is 6.06. The van der Waals surface area contributed by atoms with Crippen molar-refractivity contribution in [2.45, 2.75) is 37.6 Å². The van der Waals surface area contributed by atoms with Gasteiger partial charge in [-0.3, -0.25) is 14.5 Å². The lowest BCUT2D eigenvalue weighted by molar-refractivity contribution is -0.180. The number of β-lactam (4-membered cyclic amide) rings is 1. The van der Waals surface area contributed by atoms with E-state index in [0.29, 0.717) is 0 Å². The predicted molar refractivity (Wildman–Crippen MR) is 58.8 cm³/mol. The number of hydrogen-bond acceptors (Lipinski definition) is 4. The minimum atomic E-state index is -4.45. The molecule has 0 aromatic heterocycles. The van der Waals surface area contributed by atoms with Gasteiger partial charge in [0.15, 0.2) is 11.8 Å². The van der Waals surface area contributed by atoms with E-state index in [1.165, 1.54) is 6.92 Å². The Morgan fingerprint density at radius 2 is 2.05 bits per heavy atom. The third-order valence-corrected chi connectivity index (χ3v) is 3.64. The molecule has 2 fully saturated rings. The van der Waals surface area contributed by atoms with Gasteiger partial charge < -0.3 is 10.0 Å². The SMILES string of the molecule is CCN(CC(F)(F)F)C1C(=O)N2C(C(=O)O)C(=O)CC12. The Kier molecular flexibility index (Phi) is 3.49. The number of carbonyl (C=O) groups is 3. The molecule has 2 saturated heterocycles. The van der Waals surface area contributed by atoms with E-state index in [0.717, 1.165) is 9.80 Å². The van der Waals surface area contributed by atoms with Crippen LogP contribution in [0, 0.1) is 0 Å². The van der Waals surface area contributed by atoms with Crippen LogP contribution in [-0.2, 0) is 14.4 Å². The summed E-state index contributed by atoms with van der Waals surface area (Å²) in [5.41, 5.74) is 0. The Morgan fingerprint density at radius 3 is 2.50 bits per heavy atom. The Morgan fingerprint density at radius 1 is 1.45 bits per heavy atom. The van der Waals surface area contributed by atoms with Crippen LogP contribution in [0.5, 0.6) is 0 Å². The van der Waals surface area contributed by atoms with Gasteiger partial charge in [0, 0.05) is 6.42 Å². The molecule has 0 aromatic carbocycles. The highest BCUT2D eigenvalue weighted by molar-refractivity contribution is 6.11. The predicted octanol–water partition coefficient (Wildman–Crippen LogP) is -0.124. The number of hydrogen-bond donors (Lipinski definition) is 1. The van der Waals surface area contributed by atoms with Gasteiger partial charge in [-0.1, -0.05) is 6.92 Å². The Balaban J connectivity index is 2.16. The zero-order chi connectivity index (χ0) is 15.2. The lowest BCUT2D eigenvalue weighted by Gasteiger charge is -2.48. The second-order valence-corrected chi connectivity index (χ2v) is 4.85.